The third kappa shape index (κ3) is 3.82. The number of amides is 1. The molecule has 5 heteroatoms. The van der Waals surface area contributed by atoms with Crippen molar-refractivity contribution >= 4 is 16.9 Å². The fourth-order valence-corrected chi connectivity index (χ4v) is 3.06. The fourth-order valence-electron chi connectivity index (χ4n) is 3.06. The lowest BCUT2D eigenvalue weighted by molar-refractivity contribution is 0.0936. The number of nitrogens with zero attached hydrogens (tertiary/aromatic N) is 2. The summed E-state index contributed by atoms with van der Waals surface area (Å²) in [7, 11) is 0. The van der Waals surface area contributed by atoms with E-state index in [1.807, 2.05) is 38.1 Å². The van der Waals surface area contributed by atoms with Gasteiger partial charge in [-0.3, -0.25) is 14.2 Å². The number of carbonyl (C=O) groups excluding carboxylic acids is 1. The van der Waals surface area contributed by atoms with Crippen LogP contribution >= 0.6 is 0 Å². The molecule has 0 spiro atoms. The summed E-state index contributed by atoms with van der Waals surface area (Å²) in [5.74, 6) is -0.330. The number of benzene rings is 1. The smallest absolute Gasteiger partial charge is 0.265 e. The first-order valence-corrected chi connectivity index (χ1v) is 8.93. The SMILES string of the molecule is CCn1c(=O)c(C(=O)N[C@@H](C)CCc2ccccc2)cc2cccnc21. The van der Waals surface area contributed by atoms with E-state index >= 15 is 0 Å². The number of aryl methyl sites for hydroxylation is 2. The summed E-state index contributed by atoms with van der Waals surface area (Å²) in [4.78, 5) is 29.6. The Kier molecular flexibility index (Phi) is 5.46. The predicted molar refractivity (Wildman–Crippen MR) is 103 cm³/mol. The van der Waals surface area contributed by atoms with Crippen LogP contribution < -0.4 is 10.9 Å². The van der Waals surface area contributed by atoms with E-state index in [-0.39, 0.29) is 23.1 Å². The molecule has 1 aromatic carbocycles. The summed E-state index contributed by atoms with van der Waals surface area (Å²) in [5, 5.41) is 3.74. The molecule has 0 unspecified atom stereocenters. The van der Waals surface area contributed by atoms with Crippen molar-refractivity contribution in [3.63, 3.8) is 0 Å². The van der Waals surface area contributed by atoms with Gasteiger partial charge < -0.3 is 5.32 Å². The van der Waals surface area contributed by atoms with Crippen LogP contribution in [0.25, 0.3) is 11.0 Å². The first-order chi connectivity index (χ1) is 12.6. The highest BCUT2D eigenvalue weighted by molar-refractivity contribution is 5.97. The predicted octanol–water partition coefficient (Wildman–Crippen LogP) is 3.17. The molecule has 134 valence electrons. The van der Waals surface area contributed by atoms with Gasteiger partial charge in [0.1, 0.15) is 11.2 Å². The second-order valence-corrected chi connectivity index (χ2v) is 6.42. The first-order valence-electron chi connectivity index (χ1n) is 8.93. The van der Waals surface area contributed by atoms with Crippen LogP contribution in [0.4, 0.5) is 0 Å². The molecule has 0 fully saturated rings. The monoisotopic (exact) mass is 349 g/mol. The van der Waals surface area contributed by atoms with Gasteiger partial charge in [-0.2, -0.15) is 0 Å². The van der Waals surface area contributed by atoms with Crippen LogP contribution in [0.3, 0.4) is 0 Å². The summed E-state index contributed by atoms with van der Waals surface area (Å²) < 4.78 is 1.54. The van der Waals surface area contributed by atoms with E-state index in [1.54, 1.807) is 22.9 Å². The topological polar surface area (TPSA) is 64.0 Å². The highest BCUT2D eigenvalue weighted by Crippen LogP contribution is 2.11. The van der Waals surface area contributed by atoms with Gasteiger partial charge in [0.25, 0.3) is 11.5 Å². The molecule has 0 aliphatic heterocycles. The lowest BCUT2D eigenvalue weighted by Crippen LogP contribution is -2.38. The third-order valence-corrected chi connectivity index (χ3v) is 4.50. The minimum absolute atomic E-state index is 0.0261. The first kappa shape index (κ1) is 17.9. The maximum atomic E-state index is 12.7. The van der Waals surface area contributed by atoms with E-state index in [9.17, 15) is 9.59 Å². The van der Waals surface area contributed by atoms with Crippen LogP contribution in [0.1, 0.15) is 36.2 Å². The van der Waals surface area contributed by atoms with Crippen molar-refractivity contribution in [2.75, 3.05) is 0 Å². The molecule has 1 amide bonds. The van der Waals surface area contributed by atoms with Gasteiger partial charge in [0.15, 0.2) is 0 Å². The van der Waals surface area contributed by atoms with E-state index < -0.39 is 0 Å². The van der Waals surface area contributed by atoms with Crippen LogP contribution in [0.5, 0.6) is 0 Å². The molecule has 5 nitrogen and oxygen atoms in total. The van der Waals surface area contributed by atoms with Crippen LogP contribution in [0.15, 0.2) is 59.5 Å². The van der Waals surface area contributed by atoms with E-state index in [1.165, 1.54) is 5.56 Å². The molecule has 2 heterocycles. The van der Waals surface area contributed by atoms with Crippen molar-refractivity contribution in [3.05, 3.63) is 76.2 Å². The third-order valence-electron chi connectivity index (χ3n) is 4.50. The van der Waals surface area contributed by atoms with Crippen molar-refractivity contribution in [2.45, 2.75) is 39.3 Å². The molecule has 0 radical (unpaired) electrons. The number of rotatable bonds is 6. The van der Waals surface area contributed by atoms with Gasteiger partial charge in [0.2, 0.25) is 0 Å². The Morgan fingerprint density at radius 3 is 2.69 bits per heavy atom. The molecule has 0 bridgehead atoms. The van der Waals surface area contributed by atoms with Crippen LogP contribution in [-0.2, 0) is 13.0 Å². The number of carbonyl (C=O) groups is 1. The van der Waals surface area contributed by atoms with Crippen LogP contribution in [-0.4, -0.2) is 21.5 Å². The van der Waals surface area contributed by atoms with E-state index in [4.69, 9.17) is 0 Å². The number of hydrogen-bond acceptors (Lipinski definition) is 3. The zero-order valence-corrected chi connectivity index (χ0v) is 15.1. The molecule has 26 heavy (non-hydrogen) atoms. The maximum absolute atomic E-state index is 12.7. The minimum Gasteiger partial charge on any atom is -0.349 e. The quantitative estimate of drug-likeness (QED) is 0.743. The molecular weight excluding hydrogens is 326 g/mol. The van der Waals surface area contributed by atoms with Crippen LogP contribution in [0.2, 0.25) is 0 Å². The van der Waals surface area contributed by atoms with Crippen molar-refractivity contribution in [1.29, 1.82) is 0 Å². The Morgan fingerprint density at radius 2 is 1.96 bits per heavy atom. The summed E-state index contributed by atoms with van der Waals surface area (Å²) in [6.07, 6.45) is 3.34. The molecular formula is C21H23N3O2. The lowest BCUT2D eigenvalue weighted by atomic mass is 10.1. The Morgan fingerprint density at radius 1 is 1.19 bits per heavy atom. The number of nitrogens with one attached hydrogen (secondary N) is 1. The van der Waals surface area contributed by atoms with E-state index in [0.29, 0.717) is 12.2 Å². The van der Waals surface area contributed by atoms with Gasteiger partial charge in [0.05, 0.1) is 0 Å². The molecule has 0 aliphatic rings. The van der Waals surface area contributed by atoms with Gasteiger partial charge in [-0.15, -0.1) is 0 Å². The Hall–Kier alpha value is -2.95. The number of aromatic nitrogens is 2. The molecule has 0 aliphatic carbocycles. The second kappa shape index (κ2) is 7.95. The largest absolute Gasteiger partial charge is 0.349 e. The number of hydrogen-bond donors (Lipinski definition) is 1. The van der Waals surface area contributed by atoms with E-state index in [0.717, 1.165) is 18.2 Å². The second-order valence-electron chi connectivity index (χ2n) is 6.42. The molecule has 0 saturated carbocycles. The zero-order valence-electron chi connectivity index (χ0n) is 15.1. The summed E-state index contributed by atoms with van der Waals surface area (Å²) >= 11 is 0. The average molecular weight is 349 g/mol. The Labute approximate surface area is 152 Å². The molecule has 1 atom stereocenters. The summed E-state index contributed by atoms with van der Waals surface area (Å²) in [6, 6.07) is 15.4. The molecule has 3 rings (SSSR count). The molecule has 2 aromatic heterocycles. The average Bonchev–Trinajstić information content (AvgIpc) is 2.66. The van der Waals surface area contributed by atoms with Crippen LogP contribution in [0, 0.1) is 0 Å². The summed E-state index contributed by atoms with van der Waals surface area (Å²) in [6.45, 7) is 4.30. The standard InChI is InChI=1S/C21H23N3O2/c1-3-24-19-17(10-7-13-22-19)14-18(21(24)26)20(25)23-15(2)11-12-16-8-5-4-6-9-16/h4-10,13-15H,3,11-12H2,1-2H3,(H,23,25)/t15-/m0/s1. The Balaban J connectivity index is 1.77. The Bertz CT molecular complexity index is 964. The maximum Gasteiger partial charge on any atom is 0.265 e. The van der Waals surface area contributed by atoms with Gasteiger partial charge in [-0.25, -0.2) is 4.98 Å². The van der Waals surface area contributed by atoms with E-state index in [2.05, 4.69) is 22.4 Å². The molecule has 3 aromatic rings. The zero-order chi connectivity index (χ0) is 18.5. The van der Waals surface area contributed by atoms with Gasteiger partial charge in [0, 0.05) is 24.2 Å². The normalized spacial score (nSPS) is 12.1. The van der Waals surface area contributed by atoms with Gasteiger partial charge >= 0.3 is 0 Å². The van der Waals surface area contributed by atoms with Crippen molar-refractivity contribution in [3.8, 4) is 0 Å². The number of pyridine rings is 2. The molecule has 0 saturated heterocycles. The molecule has 1 N–H and O–H groups in total. The van der Waals surface area contributed by atoms with Gasteiger partial charge in [-0.1, -0.05) is 30.3 Å². The highest BCUT2D eigenvalue weighted by Gasteiger charge is 2.17. The minimum atomic E-state index is -0.330. The van der Waals surface area contributed by atoms with Crippen molar-refractivity contribution in [2.24, 2.45) is 0 Å². The van der Waals surface area contributed by atoms with Crippen molar-refractivity contribution in [1.82, 2.24) is 14.9 Å². The summed E-state index contributed by atoms with van der Waals surface area (Å²) in [5.41, 5.74) is 1.71. The van der Waals surface area contributed by atoms with Gasteiger partial charge in [-0.05, 0) is 50.5 Å². The van der Waals surface area contributed by atoms with Crippen molar-refractivity contribution < 1.29 is 4.79 Å². The fraction of sp³-hybridized carbons (Fsp3) is 0.286. The number of fused-ring (bicyclic) bond motifs is 1. The lowest BCUT2D eigenvalue weighted by Gasteiger charge is -2.15. The highest BCUT2D eigenvalue weighted by atomic mass is 16.2.